The highest BCUT2D eigenvalue weighted by atomic mass is 14.8. The monoisotopic (exact) mass is 175 g/mol. The summed E-state index contributed by atoms with van der Waals surface area (Å²) in [6.45, 7) is 3.75. The first-order valence-corrected chi connectivity index (χ1v) is 5.30. The third kappa shape index (κ3) is 1.76. The van der Waals surface area contributed by atoms with E-state index in [0.29, 0.717) is 12.2 Å². The Morgan fingerprint density at radius 3 is 3.14 bits per heavy atom. The largest absolute Gasteiger partial charge is 0.360 e. The summed E-state index contributed by atoms with van der Waals surface area (Å²) in [5.41, 5.74) is 3.41. The number of allylic oxidation sites excluding steroid dienone is 1. The second-order valence-electron chi connectivity index (χ2n) is 4.34. The molecule has 14 heavy (non-hydrogen) atoms. The number of fused-ring (bicyclic) bond motifs is 1. The molecule has 6 radical (unpaired) electrons. The zero-order chi connectivity index (χ0) is 10.1. The lowest BCUT2D eigenvalue weighted by Gasteiger charge is -2.39. The predicted octanol–water partition coefficient (Wildman–Crippen LogP) is -0.726. The number of hydrogen-bond donors (Lipinski definition) is 1. The molecule has 0 aliphatic carbocycles. The molecule has 0 aromatic carbocycles. The molecule has 1 N–H and O–H groups in total. The summed E-state index contributed by atoms with van der Waals surface area (Å²) in [5.74, 6) is 0. The van der Waals surface area contributed by atoms with Gasteiger partial charge in [0.1, 0.15) is 0 Å². The van der Waals surface area contributed by atoms with Crippen molar-refractivity contribution >= 4 is 42.9 Å². The van der Waals surface area contributed by atoms with E-state index in [-0.39, 0.29) is 6.49 Å². The van der Waals surface area contributed by atoms with Gasteiger partial charge in [-0.25, -0.2) is 0 Å². The van der Waals surface area contributed by atoms with E-state index in [9.17, 15) is 0 Å². The van der Waals surface area contributed by atoms with Gasteiger partial charge in [0.25, 0.3) is 0 Å². The average Bonchev–Trinajstić information content (AvgIpc) is 2.23. The van der Waals surface area contributed by atoms with Gasteiger partial charge in [-0.05, 0) is 19.9 Å². The van der Waals surface area contributed by atoms with E-state index in [1.54, 1.807) is 7.06 Å². The topological polar surface area (TPSA) is 12.0 Å². The van der Waals surface area contributed by atoms with Crippen molar-refractivity contribution in [3.63, 3.8) is 0 Å². The summed E-state index contributed by atoms with van der Waals surface area (Å²) >= 11 is 0. The van der Waals surface area contributed by atoms with E-state index < -0.39 is 0 Å². The molecule has 0 bridgehead atoms. The minimum atomic E-state index is 0.159. The van der Waals surface area contributed by atoms with Gasteiger partial charge >= 0.3 is 0 Å². The summed E-state index contributed by atoms with van der Waals surface area (Å²) in [5, 5.41) is 3.29. The van der Waals surface area contributed by atoms with Crippen molar-refractivity contribution in [3.05, 3.63) is 11.1 Å². The standard InChI is InChI=1S/C7H11B6N/c1-5-4-12(11-8)13(9)7-6(5)2-3-14-10-7/h7,14H,2-4H2,1H3/t7-/m0/s1. The van der Waals surface area contributed by atoms with Crippen LogP contribution in [0.2, 0.25) is 12.0 Å². The van der Waals surface area contributed by atoms with Crippen molar-refractivity contribution in [2.75, 3.05) is 6.54 Å². The fraction of sp³-hybridized carbons (Fsp3) is 0.714. The van der Waals surface area contributed by atoms with Gasteiger partial charge in [-0.15, -0.1) is 0 Å². The molecule has 7 heteroatoms. The van der Waals surface area contributed by atoms with Crippen molar-refractivity contribution in [2.24, 2.45) is 0 Å². The fourth-order valence-electron chi connectivity index (χ4n) is 2.61. The molecular formula is C7H11B6N. The van der Waals surface area contributed by atoms with Crippen molar-refractivity contribution in [1.82, 2.24) is 5.23 Å². The van der Waals surface area contributed by atoms with Crippen LogP contribution >= 0.6 is 0 Å². The molecule has 0 unspecified atom stereocenters. The van der Waals surface area contributed by atoms with Crippen LogP contribution in [0.3, 0.4) is 0 Å². The van der Waals surface area contributed by atoms with Crippen LogP contribution in [0, 0.1) is 0 Å². The first-order valence-electron chi connectivity index (χ1n) is 5.30. The average molecular weight is 174 g/mol. The lowest BCUT2D eigenvalue weighted by atomic mass is 8.81. The van der Waals surface area contributed by atoms with Crippen LogP contribution < -0.4 is 5.23 Å². The summed E-state index contributed by atoms with van der Waals surface area (Å²) in [4.78, 5) is 0. The van der Waals surface area contributed by atoms with Crippen molar-refractivity contribution in [1.29, 1.82) is 0 Å². The summed E-state index contributed by atoms with van der Waals surface area (Å²) in [6, 6.07) is 0. The molecule has 1 atom stereocenters. The van der Waals surface area contributed by atoms with E-state index in [1.165, 1.54) is 11.1 Å². The van der Waals surface area contributed by atoms with Gasteiger partial charge in [0, 0.05) is 22.5 Å². The van der Waals surface area contributed by atoms with E-state index >= 15 is 0 Å². The first-order chi connectivity index (χ1) is 6.74. The molecule has 1 fully saturated rings. The molecule has 1 nitrogen and oxygen atoms in total. The zero-order valence-electron chi connectivity index (χ0n) is 8.66. The second kappa shape index (κ2) is 4.30. The summed E-state index contributed by atoms with van der Waals surface area (Å²) in [7, 11) is 15.7. The molecule has 0 aromatic rings. The van der Waals surface area contributed by atoms with Gasteiger partial charge < -0.3 is 5.23 Å². The van der Waals surface area contributed by atoms with Crippen LogP contribution in [0.15, 0.2) is 11.1 Å². The maximum absolute atomic E-state index is 6.19. The normalized spacial score (nSPS) is 27.1. The van der Waals surface area contributed by atoms with Crippen LogP contribution in [0.25, 0.3) is 0 Å². The van der Waals surface area contributed by atoms with E-state index in [0.717, 1.165) is 19.3 Å². The SMILES string of the molecule is [B][B]B1CC(C)=C2CCN[B][C@H]2B1[B]. The maximum atomic E-state index is 6.19. The molecule has 2 aliphatic heterocycles. The number of nitrogens with one attached hydrogen (secondary N) is 1. The highest BCUT2D eigenvalue weighted by molar-refractivity contribution is 7.63. The minimum Gasteiger partial charge on any atom is -0.360 e. The molecule has 1 saturated heterocycles. The van der Waals surface area contributed by atoms with Crippen LogP contribution in [-0.2, 0) is 0 Å². The Morgan fingerprint density at radius 2 is 2.43 bits per heavy atom. The summed E-state index contributed by atoms with van der Waals surface area (Å²) in [6.07, 6.45) is 2.18. The lowest BCUT2D eigenvalue weighted by molar-refractivity contribution is 0.808. The Bertz CT molecular complexity index is 255. The van der Waals surface area contributed by atoms with Gasteiger partial charge in [-0.1, -0.05) is 23.2 Å². The van der Waals surface area contributed by atoms with E-state index in [4.69, 9.17) is 15.5 Å². The lowest BCUT2D eigenvalue weighted by Crippen LogP contribution is -2.54. The highest BCUT2D eigenvalue weighted by Crippen LogP contribution is 2.34. The zero-order valence-corrected chi connectivity index (χ0v) is 8.66. The molecule has 0 amide bonds. The molecule has 0 saturated carbocycles. The first kappa shape index (κ1) is 10.6. The van der Waals surface area contributed by atoms with Gasteiger partial charge in [-0.2, -0.15) is 0 Å². The van der Waals surface area contributed by atoms with Gasteiger partial charge in [-0.3, -0.25) is 0 Å². The van der Waals surface area contributed by atoms with E-state index in [2.05, 4.69) is 19.6 Å². The minimum absolute atomic E-state index is 0.159. The van der Waals surface area contributed by atoms with Crippen LogP contribution in [0.4, 0.5) is 0 Å². The Labute approximate surface area is 91.7 Å². The molecule has 2 aliphatic rings. The quantitative estimate of drug-likeness (QED) is 0.408. The summed E-state index contributed by atoms with van der Waals surface area (Å²) < 4.78 is 0. The van der Waals surface area contributed by atoms with Crippen molar-refractivity contribution < 1.29 is 0 Å². The number of hydrogen-bond acceptors (Lipinski definition) is 1. The third-order valence-electron chi connectivity index (χ3n) is 3.48. The fourth-order valence-corrected chi connectivity index (χ4v) is 2.61. The van der Waals surface area contributed by atoms with Gasteiger partial charge in [0.05, 0.1) is 13.0 Å². The Balaban J connectivity index is 2.23. The molecular weight excluding hydrogens is 163 g/mol. The van der Waals surface area contributed by atoms with Gasteiger partial charge in [0.2, 0.25) is 7.41 Å². The Morgan fingerprint density at radius 1 is 1.64 bits per heavy atom. The molecule has 2 rings (SSSR count). The van der Waals surface area contributed by atoms with Crippen LogP contribution in [-0.4, -0.2) is 49.5 Å². The van der Waals surface area contributed by atoms with Gasteiger partial charge in [0.15, 0.2) is 0 Å². The molecule has 2 heterocycles. The molecule has 62 valence electrons. The molecule has 0 aromatic heterocycles. The predicted molar refractivity (Wildman–Crippen MR) is 68.4 cm³/mol. The van der Waals surface area contributed by atoms with Crippen molar-refractivity contribution in [2.45, 2.75) is 25.4 Å². The Kier molecular flexibility index (Phi) is 3.26. The maximum Gasteiger partial charge on any atom is 0.203 e. The van der Waals surface area contributed by atoms with Crippen LogP contribution in [0.1, 0.15) is 13.3 Å². The van der Waals surface area contributed by atoms with E-state index in [1.807, 2.05) is 0 Å². The number of rotatable bonds is 1. The van der Waals surface area contributed by atoms with Crippen molar-refractivity contribution in [3.8, 4) is 0 Å². The third-order valence-corrected chi connectivity index (χ3v) is 3.48. The Hall–Kier alpha value is 0.0896. The van der Waals surface area contributed by atoms with Crippen LogP contribution in [0.5, 0.6) is 0 Å². The second-order valence-corrected chi connectivity index (χ2v) is 4.34. The smallest absolute Gasteiger partial charge is 0.203 e. The highest BCUT2D eigenvalue weighted by Gasteiger charge is 2.37. The molecule has 0 spiro atoms.